The molecule has 4 aromatic rings. The Balaban J connectivity index is 1.40. The van der Waals surface area contributed by atoms with E-state index in [-0.39, 0.29) is 33.7 Å². The number of nitrogens with zero attached hydrogens (tertiary/aromatic N) is 3. The number of sulfonamides is 1. The van der Waals surface area contributed by atoms with E-state index in [9.17, 15) is 26.4 Å². The minimum absolute atomic E-state index is 0.0214. The summed E-state index contributed by atoms with van der Waals surface area (Å²) in [5.41, 5.74) is 1.42. The largest absolute Gasteiger partial charge is 0.323 e. The molecule has 5 rings (SSSR count). The molecular weight excluding hydrogens is 525 g/mol. The number of para-hydroxylation sites is 1. The van der Waals surface area contributed by atoms with Crippen LogP contribution in [0.1, 0.15) is 5.56 Å². The molecule has 3 aromatic carbocycles. The highest BCUT2D eigenvalue weighted by Gasteiger charge is 2.36. The lowest BCUT2D eigenvalue weighted by atomic mass is 10.1. The number of rotatable bonds is 6. The molecule has 7 nitrogen and oxygen atoms in total. The molecule has 37 heavy (non-hydrogen) atoms. The molecule has 0 saturated carbocycles. The summed E-state index contributed by atoms with van der Waals surface area (Å²) >= 11 is 0.916. The minimum Gasteiger partial charge on any atom is -0.323 e. The van der Waals surface area contributed by atoms with E-state index in [0.717, 1.165) is 30.0 Å². The first-order chi connectivity index (χ1) is 17.7. The second-order valence-electron chi connectivity index (χ2n) is 7.98. The van der Waals surface area contributed by atoms with Crippen LogP contribution in [0.15, 0.2) is 83.0 Å². The highest BCUT2D eigenvalue weighted by atomic mass is 32.2. The molecule has 0 spiro atoms. The molecule has 0 unspecified atom stereocenters. The Kier molecular flexibility index (Phi) is 6.61. The first kappa shape index (κ1) is 24.8. The zero-order chi connectivity index (χ0) is 26.2. The Bertz CT molecular complexity index is 1620. The number of amides is 1. The van der Waals surface area contributed by atoms with E-state index in [1.165, 1.54) is 34.8 Å². The van der Waals surface area contributed by atoms with Gasteiger partial charge in [-0.15, -0.1) is 0 Å². The summed E-state index contributed by atoms with van der Waals surface area (Å²) in [6.07, 6.45) is 1.18. The summed E-state index contributed by atoms with van der Waals surface area (Å²) in [6.45, 7) is -0.0214. The van der Waals surface area contributed by atoms with Crippen molar-refractivity contribution in [2.45, 2.75) is 16.6 Å². The summed E-state index contributed by atoms with van der Waals surface area (Å²) in [5, 5.41) is 2.42. The van der Waals surface area contributed by atoms with Crippen molar-refractivity contribution < 1.29 is 26.4 Å². The normalized spacial score (nSPS) is 13.5. The number of halogens is 3. The highest BCUT2D eigenvalue weighted by molar-refractivity contribution is 7.99. The summed E-state index contributed by atoms with van der Waals surface area (Å²) in [5.74, 6) is -2.74. The Labute approximate surface area is 214 Å². The molecule has 0 bridgehead atoms. The van der Waals surface area contributed by atoms with Crippen LogP contribution < -0.4 is 9.62 Å². The summed E-state index contributed by atoms with van der Waals surface area (Å²) < 4.78 is 68.7. The van der Waals surface area contributed by atoms with Crippen molar-refractivity contribution in [2.24, 2.45) is 0 Å². The third-order valence-corrected chi connectivity index (χ3v) is 8.13. The molecule has 0 saturated heterocycles. The predicted molar refractivity (Wildman–Crippen MR) is 133 cm³/mol. The van der Waals surface area contributed by atoms with Crippen LogP contribution in [0.4, 0.5) is 24.5 Å². The van der Waals surface area contributed by atoms with Gasteiger partial charge < -0.3 is 5.32 Å². The van der Waals surface area contributed by atoms with Gasteiger partial charge >= 0.3 is 0 Å². The van der Waals surface area contributed by atoms with Gasteiger partial charge in [0.15, 0.2) is 5.16 Å². The third-order valence-electron chi connectivity index (χ3n) is 5.50. The molecule has 2 heterocycles. The predicted octanol–water partition coefficient (Wildman–Crippen LogP) is 5.00. The number of nitrogens with one attached hydrogen (secondary N) is 1. The third kappa shape index (κ3) is 5.02. The number of benzene rings is 3. The highest BCUT2D eigenvalue weighted by Crippen LogP contribution is 2.42. The second-order valence-corrected chi connectivity index (χ2v) is 10.8. The average Bonchev–Trinajstić information content (AvgIpc) is 2.88. The van der Waals surface area contributed by atoms with Gasteiger partial charge in [0.05, 0.1) is 35.6 Å². The molecule has 188 valence electrons. The molecule has 0 radical (unpaired) electrons. The zero-order valence-electron chi connectivity index (χ0n) is 18.9. The van der Waals surface area contributed by atoms with Gasteiger partial charge in [-0.2, -0.15) is 0 Å². The molecule has 1 N–H and O–H groups in total. The Morgan fingerprint density at radius 1 is 0.973 bits per heavy atom. The van der Waals surface area contributed by atoms with Crippen molar-refractivity contribution in [3.05, 3.63) is 95.9 Å². The lowest BCUT2D eigenvalue weighted by molar-refractivity contribution is -0.113. The van der Waals surface area contributed by atoms with Crippen molar-refractivity contribution in [1.29, 1.82) is 0 Å². The summed E-state index contributed by atoms with van der Waals surface area (Å²) in [4.78, 5) is 20.7. The maximum absolute atomic E-state index is 13.8. The Morgan fingerprint density at radius 2 is 1.70 bits per heavy atom. The fourth-order valence-corrected chi connectivity index (χ4v) is 5.96. The Hall–Kier alpha value is -3.90. The molecule has 0 fully saturated rings. The first-order valence-corrected chi connectivity index (χ1v) is 13.3. The van der Waals surface area contributed by atoms with Gasteiger partial charge in [0.2, 0.25) is 5.91 Å². The van der Waals surface area contributed by atoms with Crippen molar-refractivity contribution in [1.82, 2.24) is 9.97 Å². The number of hydrogen-bond acceptors (Lipinski definition) is 6. The van der Waals surface area contributed by atoms with Gasteiger partial charge in [-0.25, -0.2) is 31.6 Å². The number of aromatic nitrogens is 2. The molecule has 1 amide bonds. The van der Waals surface area contributed by atoms with Gasteiger partial charge in [-0.1, -0.05) is 42.1 Å². The van der Waals surface area contributed by atoms with Gasteiger partial charge in [-0.05, 0) is 35.9 Å². The number of anilines is 2. The van der Waals surface area contributed by atoms with Crippen LogP contribution in [0.25, 0.3) is 11.3 Å². The van der Waals surface area contributed by atoms with E-state index in [1.807, 2.05) is 0 Å². The molecule has 1 aromatic heterocycles. The molecule has 0 atom stereocenters. The lowest BCUT2D eigenvalue weighted by Gasteiger charge is -2.31. The fraction of sp³-hybridized carbons (Fsp3) is 0.0800. The molecule has 1 aliphatic heterocycles. The van der Waals surface area contributed by atoms with E-state index in [1.54, 1.807) is 24.3 Å². The van der Waals surface area contributed by atoms with Crippen molar-refractivity contribution in [2.75, 3.05) is 15.4 Å². The number of fused-ring (bicyclic) bond motifs is 3. The monoisotopic (exact) mass is 542 g/mol. The van der Waals surface area contributed by atoms with Crippen molar-refractivity contribution in [3.63, 3.8) is 0 Å². The van der Waals surface area contributed by atoms with E-state index < -0.39 is 33.4 Å². The minimum atomic E-state index is -4.05. The second kappa shape index (κ2) is 9.87. The molecule has 1 aliphatic rings. The standard InChI is InChI=1S/C25H17F3N4O3S2/c26-16-7-5-15(6-8-16)13-32-21-4-2-1-3-18(21)24-22(37(32,34)35)12-29-25(31-24)36-14-23(33)30-20-11-17(27)9-10-19(20)28/h1-12H,13-14H2,(H,30,33). The molecule has 0 aliphatic carbocycles. The van der Waals surface area contributed by atoms with E-state index in [4.69, 9.17) is 0 Å². The maximum Gasteiger partial charge on any atom is 0.268 e. The maximum atomic E-state index is 13.8. The van der Waals surface area contributed by atoms with Crippen LogP contribution in [0.5, 0.6) is 0 Å². The van der Waals surface area contributed by atoms with Gasteiger partial charge in [0.25, 0.3) is 10.0 Å². The topological polar surface area (TPSA) is 92.3 Å². The smallest absolute Gasteiger partial charge is 0.268 e. The van der Waals surface area contributed by atoms with Gasteiger partial charge in [0.1, 0.15) is 22.3 Å². The molecule has 12 heteroatoms. The van der Waals surface area contributed by atoms with E-state index in [0.29, 0.717) is 16.8 Å². The van der Waals surface area contributed by atoms with Crippen molar-refractivity contribution in [3.8, 4) is 11.3 Å². The summed E-state index contributed by atoms with van der Waals surface area (Å²) in [6, 6.07) is 15.1. The number of hydrogen-bond donors (Lipinski definition) is 1. The SMILES string of the molecule is O=C(CSc1ncc2c(n1)-c1ccccc1N(Cc1ccc(F)cc1)S2(=O)=O)Nc1cc(F)ccc1F. The van der Waals surface area contributed by atoms with E-state index >= 15 is 0 Å². The van der Waals surface area contributed by atoms with Crippen LogP contribution in [0.2, 0.25) is 0 Å². The number of carbonyl (C=O) groups excluding carboxylic acids is 1. The number of carbonyl (C=O) groups is 1. The van der Waals surface area contributed by atoms with Gasteiger partial charge in [-0.3, -0.25) is 9.10 Å². The van der Waals surface area contributed by atoms with Crippen LogP contribution in [0, 0.1) is 17.5 Å². The van der Waals surface area contributed by atoms with Crippen LogP contribution in [-0.2, 0) is 21.4 Å². The fourth-order valence-electron chi connectivity index (χ4n) is 3.78. The average molecular weight is 543 g/mol. The zero-order valence-corrected chi connectivity index (χ0v) is 20.5. The van der Waals surface area contributed by atoms with Crippen molar-refractivity contribution >= 4 is 39.1 Å². The number of thioether (sulfide) groups is 1. The van der Waals surface area contributed by atoms with Crippen LogP contribution in [-0.4, -0.2) is 30.0 Å². The first-order valence-electron chi connectivity index (χ1n) is 10.8. The van der Waals surface area contributed by atoms with E-state index in [2.05, 4.69) is 15.3 Å². The van der Waals surface area contributed by atoms with Gasteiger partial charge in [0, 0.05) is 11.6 Å². The summed E-state index contributed by atoms with van der Waals surface area (Å²) in [7, 11) is -4.05. The van der Waals surface area contributed by atoms with Crippen LogP contribution >= 0.6 is 11.8 Å². The Morgan fingerprint density at radius 3 is 2.49 bits per heavy atom. The lowest BCUT2D eigenvalue weighted by Crippen LogP contribution is -2.34. The van der Waals surface area contributed by atoms with Crippen LogP contribution in [0.3, 0.4) is 0 Å². The quantitative estimate of drug-likeness (QED) is 0.272. The molecular formula is C25H17F3N4O3S2.